The van der Waals surface area contributed by atoms with Crippen LogP contribution < -0.4 is 5.32 Å². The summed E-state index contributed by atoms with van der Waals surface area (Å²) in [4.78, 5) is 0.267. The molecule has 0 unspecified atom stereocenters. The highest BCUT2D eigenvalue weighted by Gasteiger charge is 2.21. The average Bonchev–Trinajstić information content (AvgIpc) is 2.90. The van der Waals surface area contributed by atoms with E-state index in [1.165, 1.54) is 10.5 Å². The van der Waals surface area contributed by atoms with Crippen LogP contribution in [0.2, 0.25) is 0 Å². The molecule has 21 heavy (non-hydrogen) atoms. The molecule has 0 aliphatic rings. The SMILES string of the molecule is CSCCN(C)S(=O)(=O)c1cnn(CCCNC(C)C)c1. The Morgan fingerprint density at radius 3 is 2.81 bits per heavy atom. The van der Waals surface area contributed by atoms with Gasteiger partial charge < -0.3 is 5.32 Å². The maximum Gasteiger partial charge on any atom is 0.245 e. The lowest BCUT2D eigenvalue weighted by Gasteiger charge is -2.14. The minimum absolute atomic E-state index is 0.267. The minimum Gasteiger partial charge on any atom is -0.314 e. The van der Waals surface area contributed by atoms with Crippen LogP contribution in [0.4, 0.5) is 0 Å². The van der Waals surface area contributed by atoms with Crippen LogP contribution in [0.5, 0.6) is 0 Å². The number of aromatic nitrogens is 2. The minimum atomic E-state index is -3.41. The van der Waals surface area contributed by atoms with Crippen molar-refractivity contribution in [2.45, 2.75) is 37.8 Å². The van der Waals surface area contributed by atoms with Crippen molar-refractivity contribution in [2.24, 2.45) is 0 Å². The van der Waals surface area contributed by atoms with Gasteiger partial charge in [0.2, 0.25) is 10.0 Å². The fourth-order valence-corrected chi connectivity index (χ4v) is 3.45. The first-order valence-corrected chi connectivity index (χ1v) is 9.92. The molecule has 122 valence electrons. The summed E-state index contributed by atoms with van der Waals surface area (Å²) in [5.41, 5.74) is 0. The highest BCUT2D eigenvalue weighted by atomic mass is 32.2. The Morgan fingerprint density at radius 2 is 2.19 bits per heavy atom. The van der Waals surface area contributed by atoms with Crippen LogP contribution in [0.3, 0.4) is 0 Å². The van der Waals surface area contributed by atoms with Gasteiger partial charge in [0.1, 0.15) is 4.90 Å². The van der Waals surface area contributed by atoms with E-state index in [1.54, 1.807) is 29.7 Å². The van der Waals surface area contributed by atoms with Crippen LogP contribution in [0, 0.1) is 0 Å². The zero-order valence-electron chi connectivity index (χ0n) is 13.2. The number of nitrogens with one attached hydrogen (secondary N) is 1. The molecule has 0 aliphatic heterocycles. The molecule has 0 saturated carbocycles. The van der Waals surface area contributed by atoms with Gasteiger partial charge in [0.25, 0.3) is 0 Å². The van der Waals surface area contributed by atoms with Gasteiger partial charge in [-0.05, 0) is 19.2 Å². The molecule has 0 aromatic carbocycles. The molecule has 1 aromatic rings. The highest BCUT2D eigenvalue weighted by Crippen LogP contribution is 2.13. The first kappa shape index (κ1) is 18.5. The molecule has 0 radical (unpaired) electrons. The largest absolute Gasteiger partial charge is 0.314 e. The van der Waals surface area contributed by atoms with Crippen molar-refractivity contribution >= 4 is 21.8 Å². The molecule has 0 saturated heterocycles. The van der Waals surface area contributed by atoms with Gasteiger partial charge in [0.05, 0.1) is 6.20 Å². The normalized spacial score (nSPS) is 12.5. The summed E-state index contributed by atoms with van der Waals surface area (Å²) in [7, 11) is -1.81. The third kappa shape index (κ3) is 5.98. The van der Waals surface area contributed by atoms with Crippen LogP contribution in [0.25, 0.3) is 0 Å². The van der Waals surface area contributed by atoms with Gasteiger partial charge in [-0.25, -0.2) is 12.7 Å². The number of rotatable bonds is 10. The standard InChI is InChI=1S/C13H26N4O2S2/c1-12(2)14-6-5-7-17-11-13(10-15-17)21(18,19)16(3)8-9-20-4/h10-12,14H,5-9H2,1-4H3. The van der Waals surface area contributed by atoms with Gasteiger partial charge in [-0.15, -0.1) is 0 Å². The van der Waals surface area contributed by atoms with E-state index >= 15 is 0 Å². The lowest BCUT2D eigenvalue weighted by Crippen LogP contribution is -2.28. The van der Waals surface area contributed by atoms with Gasteiger partial charge in [-0.3, -0.25) is 4.68 Å². The van der Waals surface area contributed by atoms with E-state index in [0.29, 0.717) is 19.1 Å². The predicted octanol–water partition coefficient (Wildman–Crippen LogP) is 1.25. The maximum absolute atomic E-state index is 12.3. The van der Waals surface area contributed by atoms with Gasteiger partial charge in [0.15, 0.2) is 0 Å². The average molecular weight is 335 g/mol. The van der Waals surface area contributed by atoms with E-state index in [4.69, 9.17) is 0 Å². The summed E-state index contributed by atoms with van der Waals surface area (Å²) < 4.78 is 27.7. The number of hydrogen-bond donors (Lipinski definition) is 1. The molecule has 1 aromatic heterocycles. The summed E-state index contributed by atoms with van der Waals surface area (Å²) in [6, 6.07) is 0.462. The Bertz CT molecular complexity index is 514. The van der Waals surface area contributed by atoms with Crippen molar-refractivity contribution in [3.63, 3.8) is 0 Å². The molecule has 1 N–H and O–H groups in total. The van der Waals surface area contributed by atoms with E-state index in [0.717, 1.165) is 18.7 Å². The Labute approximate surface area is 132 Å². The number of hydrogen-bond acceptors (Lipinski definition) is 5. The molecule has 0 amide bonds. The smallest absolute Gasteiger partial charge is 0.245 e. The molecule has 1 heterocycles. The van der Waals surface area contributed by atoms with Crippen molar-refractivity contribution in [1.29, 1.82) is 0 Å². The van der Waals surface area contributed by atoms with Crippen molar-refractivity contribution < 1.29 is 8.42 Å². The lowest BCUT2D eigenvalue weighted by atomic mass is 10.3. The van der Waals surface area contributed by atoms with Gasteiger partial charge in [-0.1, -0.05) is 13.8 Å². The molecule has 8 heteroatoms. The molecule has 6 nitrogen and oxygen atoms in total. The van der Waals surface area contributed by atoms with Gasteiger partial charge in [-0.2, -0.15) is 16.9 Å². The van der Waals surface area contributed by atoms with Crippen molar-refractivity contribution in [2.75, 3.05) is 32.1 Å². The second-order valence-corrected chi connectivity index (χ2v) is 8.25. The monoisotopic (exact) mass is 334 g/mol. The third-order valence-electron chi connectivity index (χ3n) is 3.04. The van der Waals surface area contributed by atoms with E-state index in [2.05, 4.69) is 24.3 Å². The predicted molar refractivity (Wildman–Crippen MR) is 88.2 cm³/mol. The Morgan fingerprint density at radius 1 is 1.48 bits per heavy atom. The molecular formula is C13H26N4O2S2. The second-order valence-electron chi connectivity index (χ2n) is 5.22. The zero-order chi connectivity index (χ0) is 15.9. The van der Waals surface area contributed by atoms with Crippen molar-refractivity contribution in [3.8, 4) is 0 Å². The second kappa shape index (κ2) is 8.77. The lowest BCUT2D eigenvalue weighted by molar-refractivity contribution is 0.488. The topological polar surface area (TPSA) is 67.2 Å². The zero-order valence-corrected chi connectivity index (χ0v) is 14.9. The molecule has 0 aliphatic carbocycles. The van der Waals surface area contributed by atoms with Gasteiger partial charge >= 0.3 is 0 Å². The van der Waals surface area contributed by atoms with Crippen molar-refractivity contribution in [1.82, 2.24) is 19.4 Å². The summed E-state index contributed by atoms with van der Waals surface area (Å²) in [6.07, 6.45) is 5.92. The number of aryl methyl sites for hydroxylation is 1. The Kier molecular flexibility index (Phi) is 7.72. The first-order valence-electron chi connectivity index (χ1n) is 7.09. The first-order chi connectivity index (χ1) is 9.87. The Balaban J connectivity index is 2.57. The maximum atomic E-state index is 12.3. The number of nitrogens with zero attached hydrogens (tertiary/aromatic N) is 3. The molecule has 0 fully saturated rings. The molecular weight excluding hydrogens is 308 g/mol. The van der Waals surface area contributed by atoms with Crippen LogP contribution in [0.15, 0.2) is 17.3 Å². The summed E-state index contributed by atoms with van der Waals surface area (Å²) >= 11 is 1.63. The molecule has 0 spiro atoms. The van der Waals surface area contributed by atoms with Crippen LogP contribution in [-0.2, 0) is 16.6 Å². The fraction of sp³-hybridized carbons (Fsp3) is 0.769. The number of sulfonamides is 1. The van der Waals surface area contributed by atoms with Crippen LogP contribution in [0.1, 0.15) is 20.3 Å². The van der Waals surface area contributed by atoms with E-state index < -0.39 is 10.0 Å². The highest BCUT2D eigenvalue weighted by molar-refractivity contribution is 7.98. The molecule has 0 atom stereocenters. The van der Waals surface area contributed by atoms with E-state index in [-0.39, 0.29) is 4.90 Å². The Hall–Kier alpha value is -0.570. The van der Waals surface area contributed by atoms with E-state index in [9.17, 15) is 8.42 Å². The summed E-state index contributed by atoms with van der Waals surface area (Å²) in [6.45, 7) is 6.32. The summed E-state index contributed by atoms with van der Waals surface area (Å²) in [5, 5.41) is 7.46. The van der Waals surface area contributed by atoms with Gasteiger partial charge in [0, 0.05) is 38.1 Å². The fourth-order valence-electron chi connectivity index (χ4n) is 1.75. The van der Waals surface area contributed by atoms with Crippen LogP contribution >= 0.6 is 11.8 Å². The summed E-state index contributed by atoms with van der Waals surface area (Å²) in [5.74, 6) is 0.782. The quantitative estimate of drug-likeness (QED) is 0.652. The third-order valence-corrected chi connectivity index (χ3v) is 5.45. The van der Waals surface area contributed by atoms with Crippen LogP contribution in [-0.4, -0.2) is 60.7 Å². The van der Waals surface area contributed by atoms with Crippen molar-refractivity contribution in [3.05, 3.63) is 12.4 Å². The van der Waals surface area contributed by atoms with E-state index in [1.807, 2.05) is 6.26 Å². The molecule has 0 bridgehead atoms. The molecule has 1 rings (SSSR count). The number of thioether (sulfide) groups is 1.